The number of ether oxygens (including phenoxy) is 1. The Hall–Kier alpha value is -2.14. The van der Waals surface area contributed by atoms with Gasteiger partial charge in [-0.3, -0.25) is 9.79 Å². The standard InChI is InChI=1S/C16H16ClNO4/c1-8-12(15(19)20)14(10-5-4-6-11(17)7-10)13(9(2)18-8)16(21)22-3/h4-7,12,14H,1-3H3,(H,19,20). The average molecular weight is 322 g/mol. The number of nitrogens with zero attached hydrogens (tertiary/aromatic N) is 1. The molecule has 22 heavy (non-hydrogen) atoms. The Morgan fingerprint density at radius 1 is 1.32 bits per heavy atom. The molecule has 2 atom stereocenters. The molecule has 1 aliphatic heterocycles. The van der Waals surface area contributed by atoms with E-state index in [4.69, 9.17) is 16.3 Å². The van der Waals surface area contributed by atoms with E-state index in [0.717, 1.165) is 0 Å². The lowest BCUT2D eigenvalue weighted by Crippen LogP contribution is -2.35. The molecule has 1 heterocycles. The minimum absolute atomic E-state index is 0.253. The Morgan fingerprint density at radius 3 is 2.55 bits per heavy atom. The summed E-state index contributed by atoms with van der Waals surface area (Å²) in [4.78, 5) is 28.1. The maximum Gasteiger partial charge on any atom is 0.336 e. The minimum Gasteiger partial charge on any atom is -0.481 e. The molecule has 0 saturated carbocycles. The third kappa shape index (κ3) is 2.90. The largest absolute Gasteiger partial charge is 0.481 e. The highest BCUT2D eigenvalue weighted by atomic mass is 35.5. The summed E-state index contributed by atoms with van der Waals surface area (Å²) in [6.07, 6.45) is 0. The molecule has 0 spiro atoms. The van der Waals surface area contributed by atoms with Crippen molar-refractivity contribution in [3.05, 3.63) is 46.1 Å². The molecule has 1 aliphatic rings. The van der Waals surface area contributed by atoms with Crippen molar-refractivity contribution >= 4 is 29.3 Å². The van der Waals surface area contributed by atoms with E-state index in [1.165, 1.54) is 7.11 Å². The van der Waals surface area contributed by atoms with Gasteiger partial charge in [0.15, 0.2) is 0 Å². The molecule has 1 aromatic carbocycles. The SMILES string of the molecule is COC(=O)C1=C(C)N=C(C)C(C(=O)O)C1c1cccc(Cl)c1. The van der Waals surface area contributed by atoms with Gasteiger partial charge in [-0.2, -0.15) is 0 Å². The van der Waals surface area contributed by atoms with Gasteiger partial charge in [-0.1, -0.05) is 23.7 Å². The second-order valence-electron chi connectivity index (χ2n) is 5.09. The number of carboxylic acids is 1. The molecular formula is C16H16ClNO4. The number of benzene rings is 1. The van der Waals surface area contributed by atoms with Crippen LogP contribution in [0, 0.1) is 5.92 Å². The minimum atomic E-state index is -1.04. The maximum atomic E-state index is 12.1. The van der Waals surface area contributed by atoms with E-state index < -0.39 is 23.8 Å². The Labute approximate surface area is 133 Å². The molecule has 2 unspecified atom stereocenters. The lowest BCUT2D eigenvalue weighted by Gasteiger charge is -2.30. The van der Waals surface area contributed by atoms with Crippen molar-refractivity contribution < 1.29 is 19.4 Å². The normalized spacial score (nSPS) is 21.4. The van der Waals surface area contributed by atoms with Crippen molar-refractivity contribution in [1.82, 2.24) is 0 Å². The summed E-state index contributed by atoms with van der Waals surface area (Å²) < 4.78 is 4.81. The average Bonchev–Trinajstić information content (AvgIpc) is 2.45. The zero-order valence-electron chi connectivity index (χ0n) is 12.5. The first-order chi connectivity index (χ1) is 10.4. The van der Waals surface area contributed by atoms with Gasteiger partial charge in [0.2, 0.25) is 0 Å². The van der Waals surface area contributed by atoms with Crippen molar-refractivity contribution in [2.45, 2.75) is 19.8 Å². The van der Waals surface area contributed by atoms with Crippen molar-refractivity contribution in [2.75, 3.05) is 7.11 Å². The second kappa shape index (κ2) is 6.32. The van der Waals surface area contributed by atoms with Gasteiger partial charge in [0.1, 0.15) is 5.92 Å². The van der Waals surface area contributed by atoms with Gasteiger partial charge in [-0.15, -0.1) is 0 Å². The molecule has 0 bridgehead atoms. The molecule has 1 N–H and O–H groups in total. The molecule has 5 nitrogen and oxygen atoms in total. The number of aliphatic carboxylic acids is 1. The first-order valence-electron chi connectivity index (χ1n) is 6.69. The fourth-order valence-corrected chi connectivity index (χ4v) is 2.99. The van der Waals surface area contributed by atoms with Crippen molar-refractivity contribution in [3.8, 4) is 0 Å². The van der Waals surface area contributed by atoms with Gasteiger partial charge in [0.25, 0.3) is 0 Å². The Kier molecular flexibility index (Phi) is 4.66. The molecule has 0 aliphatic carbocycles. The van der Waals surface area contributed by atoms with Crippen LogP contribution in [0.15, 0.2) is 40.5 Å². The van der Waals surface area contributed by atoms with E-state index in [1.54, 1.807) is 38.1 Å². The fourth-order valence-electron chi connectivity index (χ4n) is 2.79. The summed E-state index contributed by atoms with van der Waals surface area (Å²) in [6, 6.07) is 6.83. The predicted molar refractivity (Wildman–Crippen MR) is 83.1 cm³/mol. The topological polar surface area (TPSA) is 76.0 Å². The third-order valence-electron chi connectivity index (χ3n) is 3.71. The summed E-state index contributed by atoms with van der Waals surface area (Å²) in [6.45, 7) is 3.32. The van der Waals surface area contributed by atoms with Gasteiger partial charge < -0.3 is 9.84 Å². The van der Waals surface area contributed by atoms with Crippen LogP contribution in [0.25, 0.3) is 0 Å². The molecule has 0 aromatic heterocycles. The summed E-state index contributed by atoms with van der Waals surface area (Å²) in [5, 5.41) is 10.1. The number of esters is 1. The highest BCUT2D eigenvalue weighted by molar-refractivity contribution is 6.30. The van der Waals surface area contributed by atoms with Crippen LogP contribution in [-0.2, 0) is 14.3 Å². The lowest BCUT2D eigenvalue weighted by molar-refractivity contribution is -0.140. The van der Waals surface area contributed by atoms with Crippen molar-refractivity contribution in [3.63, 3.8) is 0 Å². The fraction of sp³-hybridized carbons (Fsp3) is 0.312. The van der Waals surface area contributed by atoms with Crippen LogP contribution >= 0.6 is 11.6 Å². The van der Waals surface area contributed by atoms with E-state index >= 15 is 0 Å². The highest BCUT2D eigenvalue weighted by Gasteiger charge is 2.41. The molecule has 116 valence electrons. The van der Waals surface area contributed by atoms with Gasteiger partial charge in [0, 0.05) is 22.3 Å². The number of carbonyl (C=O) groups excluding carboxylic acids is 1. The van der Waals surface area contributed by atoms with Crippen LogP contribution < -0.4 is 0 Å². The van der Waals surface area contributed by atoms with Crippen LogP contribution in [0.2, 0.25) is 5.02 Å². The van der Waals surface area contributed by atoms with Crippen LogP contribution in [0.5, 0.6) is 0 Å². The van der Waals surface area contributed by atoms with Gasteiger partial charge in [-0.25, -0.2) is 4.79 Å². The summed E-state index contributed by atoms with van der Waals surface area (Å²) in [5.41, 5.74) is 1.81. The highest BCUT2D eigenvalue weighted by Crippen LogP contribution is 2.40. The molecule has 0 fully saturated rings. The number of methoxy groups -OCH3 is 1. The predicted octanol–water partition coefficient (Wildman–Crippen LogP) is 3.05. The summed E-state index contributed by atoms with van der Waals surface area (Å²) in [7, 11) is 1.26. The summed E-state index contributed by atoms with van der Waals surface area (Å²) >= 11 is 6.02. The first kappa shape index (κ1) is 16.2. The molecule has 1 aromatic rings. The van der Waals surface area contributed by atoms with E-state index in [2.05, 4.69) is 4.99 Å². The van der Waals surface area contributed by atoms with Crippen molar-refractivity contribution in [1.29, 1.82) is 0 Å². The molecule has 0 amide bonds. The van der Waals surface area contributed by atoms with E-state index in [-0.39, 0.29) is 5.57 Å². The summed E-state index contributed by atoms with van der Waals surface area (Å²) in [5.74, 6) is -3.23. The molecular weight excluding hydrogens is 306 g/mol. The van der Waals surface area contributed by atoms with Gasteiger partial charge >= 0.3 is 11.9 Å². The lowest BCUT2D eigenvalue weighted by atomic mass is 9.75. The van der Waals surface area contributed by atoms with Crippen LogP contribution in [-0.4, -0.2) is 29.9 Å². The zero-order valence-corrected chi connectivity index (χ0v) is 13.2. The first-order valence-corrected chi connectivity index (χ1v) is 7.07. The second-order valence-corrected chi connectivity index (χ2v) is 5.53. The maximum absolute atomic E-state index is 12.1. The number of hydrogen-bond acceptors (Lipinski definition) is 4. The molecule has 6 heteroatoms. The molecule has 0 saturated heterocycles. The Morgan fingerprint density at radius 2 is 2.00 bits per heavy atom. The van der Waals surface area contributed by atoms with Crippen LogP contribution in [0.4, 0.5) is 0 Å². The monoisotopic (exact) mass is 321 g/mol. The number of carbonyl (C=O) groups is 2. The van der Waals surface area contributed by atoms with E-state index in [9.17, 15) is 14.7 Å². The third-order valence-corrected chi connectivity index (χ3v) is 3.94. The zero-order chi connectivity index (χ0) is 16.4. The van der Waals surface area contributed by atoms with Crippen LogP contribution in [0.1, 0.15) is 25.3 Å². The smallest absolute Gasteiger partial charge is 0.336 e. The molecule has 0 radical (unpaired) electrons. The van der Waals surface area contributed by atoms with Crippen molar-refractivity contribution in [2.24, 2.45) is 10.9 Å². The number of aliphatic imine (C=N–C) groups is 1. The molecule has 2 rings (SSSR count). The number of allylic oxidation sites excluding steroid dienone is 1. The van der Waals surface area contributed by atoms with Gasteiger partial charge in [0.05, 0.1) is 12.7 Å². The number of rotatable bonds is 3. The number of halogens is 1. The van der Waals surface area contributed by atoms with Crippen LogP contribution in [0.3, 0.4) is 0 Å². The number of carboxylic acid groups (broad SMARTS) is 1. The van der Waals surface area contributed by atoms with E-state index in [0.29, 0.717) is 22.0 Å². The Balaban J connectivity index is 2.68. The van der Waals surface area contributed by atoms with Gasteiger partial charge in [-0.05, 0) is 31.5 Å². The quantitative estimate of drug-likeness (QED) is 0.868. The number of hydrogen-bond donors (Lipinski definition) is 1. The van der Waals surface area contributed by atoms with E-state index in [1.807, 2.05) is 0 Å². The Bertz CT molecular complexity index is 693.